The van der Waals surface area contributed by atoms with Crippen LogP contribution in [0.3, 0.4) is 0 Å². The molecule has 0 aliphatic heterocycles. The lowest BCUT2D eigenvalue weighted by atomic mass is 10.0. The summed E-state index contributed by atoms with van der Waals surface area (Å²) < 4.78 is 11.6. The molecule has 0 aromatic heterocycles. The fourth-order valence-corrected chi connectivity index (χ4v) is 2.40. The van der Waals surface area contributed by atoms with Crippen molar-refractivity contribution in [1.82, 2.24) is 0 Å². The summed E-state index contributed by atoms with van der Waals surface area (Å²) in [6.45, 7) is 2.28. The van der Waals surface area contributed by atoms with Gasteiger partial charge in [-0.25, -0.2) is 0 Å². The fraction of sp³-hybridized carbons (Fsp3) is 0.188. The maximum atomic E-state index is 12.8. The monoisotopic (exact) mass is 349 g/mol. The first-order chi connectivity index (χ1) is 10.1. The molecular formula is C16H16BrNO3. The zero-order chi connectivity index (χ0) is 15.4. The van der Waals surface area contributed by atoms with Gasteiger partial charge in [0.05, 0.1) is 30.5 Å². The van der Waals surface area contributed by atoms with Crippen molar-refractivity contribution in [3.8, 4) is 11.5 Å². The van der Waals surface area contributed by atoms with Gasteiger partial charge < -0.3 is 15.2 Å². The number of ether oxygens (including phenoxy) is 2. The van der Waals surface area contributed by atoms with E-state index in [0.29, 0.717) is 34.9 Å². The Morgan fingerprint density at radius 3 is 2.67 bits per heavy atom. The van der Waals surface area contributed by atoms with Crippen LogP contribution >= 0.6 is 15.9 Å². The van der Waals surface area contributed by atoms with E-state index in [0.717, 1.165) is 4.47 Å². The second kappa shape index (κ2) is 6.63. The first-order valence-electron chi connectivity index (χ1n) is 6.48. The third-order valence-corrected chi connectivity index (χ3v) is 3.48. The molecule has 0 radical (unpaired) electrons. The van der Waals surface area contributed by atoms with Crippen LogP contribution in [0.4, 0.5) is 5.69 Å². The lowest BCUT2D eigenvalue weighted by Gasteiger charge is -2.13. The number of halogens is 1. The van der Waals surface area contributed by atoms with Gasteiger partial charge in [0, 0.05) is 4.47 Å². The summed E-state index contributed by atoms with van der Waals surface area (Å²) in [6.07, 6.45) is 0. The smallest absolute Gasteiger partial charge is 0.200 e. The topological polar surface area (TPSA) is 61.5 Å². The van der Waals surface area contributed by atoms with Crippen LogP contribution in [-0.2, 0) is 0 Å². The second-order valence-electron chi connectivity index (χ2n) is 4.33. The lowest BCUT2D eigenvalue weighted by molar-refractivity contribution is 0.103. The summed E-state index contributed by atoms with van der Waals surface area (Å²) >= 11 is 3.37. The molecule has 5 heteroatoms. The van der Waals surface area contributed by atoms with Crippen LogP contribution in [0.2, 0.25) is 0 Å². The molecule has 2 aromatic rings. The van der Waals surface area contributed by atoms with E-state index < -0.39 is 0 Å². The lowest BCUT2D eigenvalue weighted by Crippen LogP contribution is -2.09. The molecule has 2 aromatic carbocycles. The Morgan fingerprint density at radius 2 is 2.00 bits per heavy atom. The van der Waals surface area contributed by atoms with Gasteiger partial charge in [-0.2, -0.15) is 0 Å². The quantitative estimate of drug-likeness (QED) is 0.660. The number of para-hydroxylation sites is 1. The molecule has 0 aliphatic carbocycles. The van der Waals surface area contributed by atoms with Crippen LogP contribution in [0.15, 0.2) is 40.9 Å². The van der Waals surface area contributed by atoms with Gasteiger partial charge in [0.1, 0.15) is 5.75 Å². The van der Waals surface area contributed by atoms with Crippen LogP contribution in [0.1, 0.15) is 22.8 Å². The predicted molar refractivity (Wildman–Crippen MR) is 86.1 cm³/mol. The van der Waals surface area contributed by atoms with Crippen molar-refractivity contribution in [3.63, 3.8) is 0 Å². The third kappa shape index (κ3) is 3.19. The van der Waals surface area contributed by atoms with Crippen molar-refractivity contribution in [2.45, 2.75) is 6.92 Å². The molecule has 110 valence electrons. The molecule has 2 N–H and O–H groups in total. The van der Waals surface area contributed by atoms with Crippen LogP contribution in [0, 0.1) is 0 Å². The minimum atomic E-state index is -0.191. The van der Waals surface area contributed by atoms with Crippen LogP contribution in [-0.4, -0.2) is 19.5 Å². The van der Waals surface area contributed by atoms with E-state index in [1.807, 2.05) is 13.0 Å². The average Bonchev–Trinajstić information content (AvgIpc) is 2.48. The molecule has 0 atom stereocenters. The highest BCUT2D eigenvalue weighted by molar-refractivity contribution is 9.10. The first-order valence-corrected chi connectivity index (χ1v) is 7.27. The number of nitrogen functional groups attached to an aromatic ring is 1. The van der Waals surface area contributed by atoms with Crippen molar-refractivity contribution in [3.05, 3.63) is 52.0 Å². The minimum Gasteiger partial charge on any atom is -0.496 e. The van der Waals surface area contributed by atoms with Crippen LogP contribution < -0.4 is 15.2 Å². The maximum absolute atomic E-state index is 12.8. The number of ketones is 1. The number of methoxy groups -OCH3 is 1. The van der Waals surface area contributed by atoms with Gasteiger partial charge in [-0.15, -0.1) is 0 Å². The van der Waals surface area contributed by atoms with E-state index in [1.165, 1.54) is 7.11 Å². The summed E-state index contributed by atoms with van der Waals surface area (Å²) in [7, 11) is 1.53. The van der Waals surface area contributed by atoms with Crippen molar-refractivity contribution in [2.75, 3.05) is 19.5 Å². The zero-order valence-electron chi connectivity index (χ0n) is 11.9. The number of benzene rings is 2. The zero-order valence-corrected chi connectivity index (χ0v) is 13.4. The maximum Gasteiger partial charge on any atom is 0.200 e. The van der Waals surface area contributed by atoms with Crippen molar-refractivity contribution >= 4 is 27.4 Å². The van der Waals surface area contributed by atoms with E-state index in [4.69, 9.17) is 15.2 Å². The van der Waals surface area contributed by atoms with E-state index in [2.05, 4.69) is 15.9 Å². The summed E-state index contributed by atoms with van der Waals surface area (Å²) in [5, 5.41) is 0. The SMILES string of the molecule is CCOc1c(N)cccc1C(=O)c1cc(Br)ccc1OC. The third-order valence-electron chi connectivity index (χ3n) is 2.98. The average molecular weight is 350 g/mol. The van der Waals surface area contributed by atoms with Gasteiger partial charge in [0.2, 0.25) is 5.78 Å². The fourth-order valence-electron chi connectivity index (χ4n) is 2.04. The van der Waals surface area contributed by atoms with Gasteiger partial charge in [-0.1, -0.05) is 22.0 Å². The summed E-state index contributed by atoms with van der Waals surface area (Å²) in [4.78, 5) is 12.8. The highest BCUT2D eigenvalue weighted by Gasteiger charge is 2.20. The van der Waals surface area contributed by atoms with Crippen LogP contribution in [0.5, 0.6) is 11.5 Å². The standard InChI is InChI=1S/C16H16BrNO3/c1-3-21-16-11(5-4-6-13(16)18)15(19)12-9-10(17)7-8-14(12)20-2/h4-9H,3,18H2,1-2H3. The molecule has 21 heavy (non-hydrogen) atoms. The molecule has 2 rings (SSSR count). The Kier molecular flexibility index (Phi) is 4.85. The first kappa shape index (κ1) is 15.4. The number of carbonyl (C=O) groups is 1. The van der Waals surface area contributed by atoms with E-state index >= 15 is 0 Å². The highest BCUT2D eigenvalue weighted by Crippen LogP contribution is 2.32. The number of rotatable bonds is 5. The van der Waals surface area contributed by atoms with Crippen molar-refractivity contribution in [2.24, 2.45) is 0 Å². The van der Waals surface area contributed by atoms with Gasteiger partial charge in [-0.05, 0) is 37.3 Å². The number of carbonyl (C=O) groups excluding carboxylic acids is 1. The molecule has 0 aliphatic rings. The van der Waals surface area contributed by atoms with E-state index in [9.17, 15) is 4.79 Å². The second-order valence-corrected chi connectivity index (χ2v) is 5.25. The van der Waals surface area contributed by atoms with E-state index in [-0.39, 0.29) is 5.78 Å². The van der Waals surface area contributed by atoms with Crippen molar-refractivity contribution < 1.29 is 14.3 Å². The number of anilines is 1. The Morgan fingerprint density at radius 1 is 1.24 bits per heavy atom. The molecule has 0 heterocycles. The molecular weight excluding hydrogens is 334 g/mol. The van der Waals surface area contributed by atoms with Gasteiger partial charge in [0.15, 0.2) is 5.75 Å². The largest absolute Gasteiger partial charge is 0.496 e. The molecule has 0 saturated carbocycles. The molecule has 0 bridgehead atoms. The summed E-state index contributed by atoms with van der Waals surface area (Å²) in [5.74, 6) is 0.726. The Bertz CT molecular complexity index is 671. The molecule has 4 nitrogen and oxygen atoms in total. The van der Waals surface area contributed by atoms with Crippen LogP contribution in [0.25, 0.3) is 0 Å². The van der Waals surface area contributed by atoms with E-state index in [1.54, 1.807) is 30.3 Å². The predicted octanol–water partition coefficient (Wildman–Crippen LogP) is 3.67. The molecule has 0 fully saturated rings. The Balaban J connectivity index is 2.55. The molecule has 0 spiro atoms. The van der Waals surface area contributed by atoms with Crippen molar-refractivity contribution in [1.29, 1.82) is 0 Å². The molecule has 0 unspecified atom stereocenters. The number of nitrogens with two attached hydrogens (primary N) is 1. The molecule has 0 saturated heterocycles. The van der Waals surface area contributed by atoms with Gasteiger partial charge >= 0.3 is 0 Å². The normalized spacial score (nSPS) is 10.2. The Labute approximate surface area is 132 Å². The number of hydrogen-bond donors (Lipinski definition) is 1. The summed E-state index contributed by atoms with van der Waals surface area (Å²) in [6, 6.07) is 10.4. The minimum absolute atomic E-state index is 0.191. The molecule has 0 amide bonds. The Hall–Kier alpha value is -2.01. The highest BCUT2D eigenvalue weighted by atomic mass is 79.9. The summed E-state index contributed by atoms with van der Waals surface area (Å²) in [5.41, 5.74) is 7.23. The van der Waals surface area contributed by atoms with Gasteiger partial charge in [0.25, 0.3) is 0 Å². The van der Waals surface area contributed by atoms with Gasteiger partial charge in [-0.3, -0.25) is 4.79 Å². The number of hydrogen-bond acceptors (Lipinski definition) is 4.